The van der Waals surface area contributed by atoms with Gasteiger partial charge in [0.25, 0.3) is 0 Å². The molecule has 0 amide bonds. The molecule has 1 saturated heterocycles. The smallest absolute Gasteiger partial charge is 0.192 e. The van der Waals surface area contributed by atoms with Crippen LogP contribution >= 0.6 is 0 Å². The Morgan fingerprint density at radius 2 is 1.96 bits per heavy atom. The molecule has 0 aliphatic carbocycles. The van der Waals surface area contributed by atoms with Gasteiger partial charge in [0.05, 0.1) is 19.0 Å². The van der Waals surface area contributed by atoms with Gasteiger partial charge in [-0.1, -0.05) is 20.8 Å². The molecule has 0 saturated carbocycles. The summed E-state index contributed by atoms with van der Waals surface area (Å²) in [5.41, 5.74) is 6.93. The average molecular weight is 409 g/mol. The number of aliphatic hydroxyl groups is 1. The Morgan fingerprint density at radius 3 is 2.57 bits per heavy atom. The van der Waals surface area contributed by atoms with Crippen LogP contribution in [0.2, 0.25) is 18.1 Å². The molecule has 0 unspecified atom stereocenters. The summed E-state index contributed by atoms with van der Waals surface area (Å²) >= 11 is 0. The summed E-state index contributed by atoms with van der Waals surface area (Å²) in [5.74, 6) is 0.304. The van der Waals surface area contributed by atoms with Crippen molar-refractivity contribution in [2.45, 2.75) is 63.4 Å². The molecule has 1 aliphatic heterocycles. The summed E-state index contributed by atoms with van der Waals surface area (Å²) < 4.78 is 14.4. The van der Waals surface area contributed by atoms with Gasteiger partial charge in [0.15, 0.2) is 26.0 Å². The van der Waals surface area contributed by atoms with Crippen molar-refractivity contribution >= 4 is 25.3 Å². The zero-order valence-corrected chi connectivity index (χ0v) is 18.7. The van der Waals surface area contributed by atoms with E-state index in [0.29, 0.717) is 23.6 Å². The van der Waals surface area contributed by atoms with Gasteiger partial charge >= 0.3 is 0 Å². The number of imidazole rings is 1. The highest BCUT2D eigenvalue weighted by molar-refractivity contribution is 6.74. The number of likely N-dealkylation sites (N-methyl/N-ethyl adjacent to an activating group) is 1. The number of rotatable bonds is 5. The lowest BCUT2D eigenvalue weighted by Gasteiger charge is -2.37. The molecule has 1 fully saturated rings. The monoisotopic (exact) mass is 408 g/mol. The number of hydrogen-bond acceptors (Lipinski definition) is 8. The fraction of sp³-hybridized carbons (Fsp3) is 0.722. The van der Waals surface area contributed by atoms with E-state index in [9.17, 15) is 5.11 Å². The summed E-state index contributed by atoms with van der Waals surface area (Å²) in [7, 11) is 1.94. The summed E-state index contributed by atoms with van der Waals surface area (Å²) in [6, 6.07) is -0.216. The van der Waals surface area contributed by atoms with Crippen LogP contribution in [0.4, 0.5) is 5.82 Å². The van der Waals surface area contributed by atoms with Crippen molar-refractivity contribution in [3.8, 4) is 0 Å². The van der Waals surface area contributed by atoms with Crippen LogP contribution in [0.25, 0.3) is 11.2 Å². The molecule has 28 heavy (non-hydrogen) atoms. The molecule has 156 valence electrons. The van der Waals surface area contributed by atoms with Crippen LogP contribution in [0.15, 0.2) is 12.7 Å². The zero-order valence-electron chi connectivity index (χ0n) is 17.7. The fourth-order valence-electron chi connectivity index (χ4n) is 3.30. The Balaban J connectivity index is 1.86. The second kappa shape index (κ2) is 7.34. The van der Waals surface area contributed by atoms with E-state index < -0.39 is 20.6 Å². The number of nitrogens with zero attached hydrogens (tertiary/aromatic N) is 5. The second-order valence-corrected chi connectivity index (χ2v) is 14.0. The van der Waals surface area contributed by atoms with Gasteiger partial charge in [-0.05, 0) is 32.2 Å². The predicted octanol–water partition coefficient (Wildman–Crippen LogP) is 1.62. The molecule has 3 N–H and O–H groups in total. The minimum atomic E-state index is -1.93. The van der Waals surface area contributed by atoms with Gasteiger partial charge in [-0.25, -0.2) is 15.0 Å². The standard InChI is InChI=1S/C18H32N6O3Si/c1-18(2,3)28(6,7)26-8-11-13(23(4)5)14(25)17(27-11)24-10-22-12-15(19)20-9-21-16(12)24/h9-11,13-14,17,25H,8H2,1-7H3,(H2,19,20,21)/t11-,13-,14+,17-/m1/s1. The molecule has 4 atom stereocenters. The molecule has 0 aromatic carbocycles. The Labute approximate surface area is 167 Å². The molecular weight excluding hydrogens is 376 g/mol. The lowest BCUT2D eigenvalue weighted by atomic mass is 10.1. The normalized spacial score (nSPS) is 26.5. The Bertz CT molecular complexity index is 834. The fourth-order valence-corrected chi connectivity index (χ4v) is 4.31. The first-order chi connectivity index (χ1) is 12.9. The molecule has 3 heterocycles. The van der Waals surface area contributed by atoms with Crippen molar-refractivity contribution in [1.29, 1.82) is 0 Å². The van der Waals surface area contributed by atoms with Crippen LogP contribution in [-0.2, 0) is 9.16 Å². The maximum Gasteiger partial charge on any atom is 0.192 e. The number of aromatic nitrogens is 4. The third-order valence-corrected chi connectivity index (χ3v) is 10.5. The van der Waals surface area contributed by atoms with E-state index in [1.807, 2.05) is 19.0 Å². The van der Waals surface area contributed by atoms with E-state index in [1.54, 1.807) is 10.9 Å². The number of nitrogen functional groups attached to an aromatic ring is 1. The number of hydrogen-bond donors (Lipinski definition) is 2. The van der Waals surface area contributed by atoms with Crippen molar-refractivity contribution in [1.82, 2.24) is 24.4 Å². The lowest BCUT2D eigenvalue weighted by molar-refractivity contribution is -0.0477. The van der Waals surface area contributed by atoms with Crippen molar-refractivity contribution in [3.63, 3.8) is 0 Å². The summed E-state index contributed by atoms with van der Waals surface area (Å²) in [6.07, 6.45) is 1.31. The van der Waals surface area contributed by atoms with Gasteiger partial charge in [0, 0.05) is 0 Å². The third-order valence-electron chi connectivity index (χ3n) is 6.01. The lowest BCUT2D eigenvalue weighted by Crippen LogP contribution is -2.48. The third kappa shape index (κ3) is 3.66. The Hall–Kier alpha value is -1.59. The van der Waals surface area contributed by atoms with Crippen LogP contribution in [0.1, 0.15) is 27.0 Å². The second-order valence-electron chi connectivity index (χ2n) is 9.16. The van der Waals surface area contributed by atoms with E-state index in [-0.39, 0.29) is 17.2 Å². The van der Waals surface area contributed by atoms with Crippen LogP contribution in [0.5, 0.6) is 0 Å². The maximum absolute atomic E-state index is 11.0. The van der Waals surface area contributed by atoms with E-state index in [1.165, 1.54) is 6.33 Å². The van der Waals surface area contributed by atoms with Gasteiger partial charge in [-0.2, -0.15) is 0 Å². The van der Waals surface area contributed by atoms with Gasteiger partial charge in [-0.3, -0.25) is 4.57 Å². The number of anilines is 1. The highest BCUT2D eigenvalue weighted by atomic mass is 28.4. The van der Waals surface area contributed by atoms with Gasteiger partial charge in [0.1, 0.15) is 24.1 Å². The molecule has 3 rings (SSSR count). The highest BCUT2D eigenvalue weighted by Crippen LogP contribution is 2.39. The predicted molar refractivity (Wildman–Crippen MR) is 110 cm³/mol. The Kier molecular flexibility index (Phi) is 5.54. The molecule has 2 aromatic rings. The molecule has 9 nitrogen and oxygen atoms in total. The Morgan fingerprint density at radius 1 is 1.29 bits per heavy atom. The minimum Gasteiger partial charge on any atom is -0.414 e. The first-order valence-electron chi connectivity index (χ1n) is 9.51. The van der Waals surface area contributed by atoms with Crippen LogP contribution in [0, 0.1) is 0 Å². The van der Waals surface area contributed by atoms with Gasteiger partial charge in [-0.15, -0.1) is 0 Å². The van der Waals surface area contributed by atoms with E-state index in [4.69, 9.17) is 14.9 Å². The van der Waals surface area contributed by atoms with Crippen molar-refractivity contribution in [2.75, 3.05) is 26.4 Å². The largest absolute Gasteiger partial charge is 0.414 e. The molecule has 0 bridgehead atoms. The SMILES string of the molecule is CN(C)[C@H]1[C@H](O)[C@H](n2cnc3c(N)ncnc32)O[C@@H]1CO[Si](C)(C)C(C)(C)C. The zero-order chi connectivity index (χ0) is 20.9. The van der Waals surface area contributed by atoms with E-state index in [2.05, 4.69) is 48.8 Å². The maximum atomic E-state index is 11.0. The topological polar surface area (TPSA) is 112 Å². The van der Waals surface area contributed by atoms with Gasteiger partial charge < -0.3 is 24.9 Å². The van der Waals surface area contributed by atoms with E-state index >= 15 is 0 Å². The minimum absolute atomic E-state index is 0.103. The number of ether oxygens (including phenoxy) is 1. The molecule has 10 heteroatoms. The molecular formula is C18H32N6O3Si. The van der Waals surface area contributed by atoms with Crippen molar-refractivity contribution < 1.29 is 14.3 Å². The number of nitrogens with two attached hydrogens (primary N) is 1. The first-order valence-corrected chi connectivity index (χ1v) is 12.4. The van der Waals surface area contributed by atoms with Crippen LogP contribution in [0.3, 0.4) is 0 Å². The first kappa shape index (κ1) is 21.1. The summed E-state index contributed by atoms with van der Waals surface area (Å²) in [6.45, 7) is 11.5. The number of fused-ring (bicyclic) bond motifs is 1. The molecule has 0 spiro atoms. The van der Waals surface area contributed by atoms with Crippen LogP contribution < -0.4 is 5.73 Å². The number of aliphatic hydroxyl groups excluding tert-OH is 1. The highest BCUT2D eigenvalue weighted by Gasteiger charge is 2.48. The van der Waals surface area contributed by atoms with Crippen molar-refractivity contribution in [2.24, 2.45) is 0 Å². The molecule has 1 aliphatic rings. The van der Waals surface area contributed by atoms with Crippen molar-refractivity contribution in [3.05, 3.63) is 12.7 Å². The van der Waals surface area contributed by atoms with Gasteiger partial charge in [0.2, 0.25) is 0 Å². The summed E-state index contributed by atoms with van der Waals surface area (Å²) in [4.78, 5) is 14.5. The van der Waals surface area contributed by atoms with Crippen LogP contribution in [-0.4, -0.2) is 76.8 Å². The quantitative estimate of drug-likeness (QED) is 0.718. The van der Waals surface area contributed by atoms with E-state index in [0.717, 1.165) is 0 Å². The molecule has 0 radical (unpaired) electrons. The molecule has 2 aromatic heterocycles. The average Bonchev–Trinajstić information content (AvgIpc) is 3.13. The summed E-state index contributed by atoms with van der Waals surface area (Å²) in [5, 5.41) is 11.1.